The van der Waals surface area contributed by atoms with E-state index in [0.29, 0.717) is 18.6 Å². The standard InChI is InChI=1S/C15H31BO3Si.C8H10N2O.C8H8N2O.C5H5BrN2/c1-13(2,3)20(8,9)17-12-10-11-16-18-14(4,5)15(6,7)19-16;2*1-7-5-10-8(6-9-7)3-2-4-11;1-4-2-8-5(6)3-7-4/h10-11H,12H2,1-9H3;2-3,5-6,11H,4H2,1H3;2-6H,1H3;2-3H,1H3/b11-10+;2*3-2+;. The first-order valence-corrected chi connectivity index (χ1v) is 20.0. The molecule has 1 aliphatic heterocycles. The Bertz CT molecular complexity index is 1470. The van der Waals surface area contributed by atoms with Crippen LogP contribution in [0.1, 0.15) is 76.9 Å². The molecule has 0 radical (unpaired) electrons. The maximum absolute atomic E-state index is 9.91. The first-order valence-electron chi connectivity index (χ1n) is 16.3. The summed E-state index contributed by atoms with van der Waals surface area (Å²) in [5, 5.41) is 8.69. The normalized spacial score (nSPS) is 15.2. The van der Waals surface area contributed by atoms with E-state index >= 15 is 0 Å². The van der Waals surface area contributed by atoms with Gasteiger partial charge in [-0.1, -0.05) is 38.9 Å². The molecule has 0 spiro atoms. The minimum atomic E-state index is -1.67. The fourth-order valence-electron chi connectivity index (χ4n) is 3.27. The van der Waals surface area contributed by atoms with Crippen LogP contribution in [0.4, 0.5) is 0 Å². The van der Waals surface area contributed by atoms with Crippen molar-refractivity contribution in [3.8, 4) is 0 Å². The lowest BCUT2D eigenvalue weighted by molar-refractivity contribution is -0.104. The molecular weight excluding hydrogens is 715 g/mol. The molecule has 0 amide bonds. The summed E-state index contributed by atoms with van der Waals surface area (Å²) in [6, 6.07) is 0. The van der Waals surface area contributed by atoms with E-state index in [9.17, 15) is 4.79 Å². The zero-order valence-electron chi connectivity index (χ0n) is 31.6. The summed E-state index contributed by atoms with van der Waals surface area (Å²) in [5.74, 6) is 1.96. The lowest BCUT2D eigenvalue weighted by Crippen LogP contribution is -2.41. The highest BCUT2D eigenvalue weighted by Crippen LogP contribution is 2.38. The van der Waals surface area contributed by atoms with Crippen molar-refractivity contribution >= 4 is 49.8 Å². The molecule has 1 aliphatic rings. The van der Waals surface area contributed by atoms with Gasteiger partial charge in [0.15, 0.2) is 8.32 Å². The summed E-state index contributed by atoms with van der Waals surface area (Å²) >= 11 is 3.17. The second-order valence-corrected chi connectivity index (χ2v) is 19.5. The number of halogens is 1. The minimum absolute atomic E-state index is 0.0373. The first-order chi connectivity index (χ1) is 23.2. The number of carbonyl (C=O) groups excluding carboxylic acids is 1. The molecule has 1 N–H and O–H groups in total. The van der Waals surface area contributed by atoms with Gasteiger partial charge in [0.25, 0.3) is 0 Å². The Kier molecular flexibility index (Phi) is 19.0. The second kappa shape index (κ2) is 21.2. The summed E-state index contributed by atoms with van der Waals surface area (Å²) in [7, 11) is -1.95. The van der Waals surface area contributed by atoms with Crippen LogP contribution in [0.2, 0.25) is 18.1 Å². The number of aldehydes is 1. The van der Waals surface area contributed by atoms with Gasteiger partial charge in [0.1, 0.15) is 10.9 Å². The van der Waals surface area contributed by atoms with Gasteiger partial charge >= 0.3 is 7.12 Å². The number of hydrogen-bond donors (Lipinski definition) is 1. The van der Waals surface area contributed by atoms with E-state index in [2.05, 4.69) is 107 Å². The van der Waals surface area contributed by atoms with Crippen LogP contribution in [0, 0.1) is 20.8 Å². The van der Waals surface area contributed by atoms with E-state index in [-0.39, 0.29) is 30.0 Å². The number of aryl methyl sites for hydroxylation is 3. The molecule has 3 aromatic heterocycles. The van der Waals surface area contributed by atoms with Crippen molar-refractivity contribution in [1.82, 2.24) is 29.9 Å². The van der Waals surface area contributed by atoms with Crippen molar-refractivity contribution in [3.05, 3.63) is 94.5 Å². The first kappa shape index (κ1) is 44.8. The van der Waals surface area contributed by atoms with Crippen molar-refractivity contribution < 1.29 is 23.6 Å². The van der Waals surface area contributed by atoms with Crippen LogP contribution >= 0.6 is 15.9 Å². The number of aromatic nitrogens is 6. The molecule has 4 heterocycles. The highest BCUT2D eigenvalue weighted by Gasteiger charge is 2.50. The molecule has 4 rings (SSSR count). The zero-order chi connectivity index (χ0) is 38.0. The van der Waals surface area contributed by atoms with E-state index < -0.39 is 8.32 Å². The Morgan fingerprint density at radius 1 is 0.800 bits per heavy atom. The summed E-state index contributed by atoms with van der Waals surface area (Å²) < 4.78 is 18.7. The molecule has 1 fully saturated rings. The van der Waals surface area contributed by atoms with Gasteiger partial charge < -0.3 is 18.8 Å². The smallest absolute Gasteiger partial charge is 0.413 e. The maximum Gasteiger partial charge on any atom is 0.486 e. The molecule has 3 aromatic rings. The van der Waals surface area contributed by atoms with Crippen LogP contribution in [0.3, 0.4) is 0 Å². The molecule has 0 saturated carbocycles. The Labute approximate surface area is 308 Å². The van der Waals surface area contributed by atoms with Gasteiger partial charge in [0.2, 0.25) is 0 Å². The van der Waals surface area contributed by atoms with Crippen LogP contribution in [-0.4, -0.2) is 81.1 Å². The number of aliphatic hydroxyl groups is 1. The van der Waals surface area contributed by atoms with Gasteiger partial charge in [-0.25, -0.2) is 4.98 Å². The molecule has 11 nitrogen and oxygen atoms in total. The van der Waals surface area contributed by atoms with Crippen molar-refractivity contribution in [1.29, 1.82) is 0 Å². The van der Waals surface area contributed by atoms with E-state index in [1.807, 2.05) is 32.8 Å². The van der Waals surface area contributed by atoms with Crippen molar-refractivity contribution in [2.75, 3.05) is 13.2 Å². The predicted octanol–water partition coefficient (Wildman–Crippen LogP) is 7.53. The highest BCUT2D eigenvalue weighted by molar-refractivity contribution is 9.10. The number of allylic oxidation sites excluding steroid dienone is 1. The third-order valence-electron chi connectivity index (χ3n) is 8.00. The quantitative estimate of drug-likeness (QED) is 0.138. The van der Waals surface area contributed by atoms with Crippen LogP contribution < -0.4 is 0 Å². The summed E-state index contributed by atoms with van der Waals surface area (Å²) in [5.41, 5.74) is 3.62. The van der Waals surface area contributed by atoms with Gasteiger partial charge in [-0.2, -0.15) is 0 Å². The Morgan fingerprint density at radius 3 is 1.66 bits per heavy atom. The molecule has 272 valence electrons. The van der Waals surface area contributed by atoms with Gasteiger partial charge in [-0.3, -0.25) is 29.7 Å². The molecule has 0 aliphatic carbocycles. The topological polar surface area (TPSA) is 142 Å². The predicted molar refractivity (Wildman–Crippen MR) is 208 cm³/mol. The van der Waals surface area contributed by atoms with E-state index in [1.54, 1.807) is 55.4 Å². The molecule has 50 heavy (non-hydrogen) atoms. The van der Waals surface area contributed by atoms with E-state index in [1.165, 1.54) is 6.08 Å². The molecule has 0 unspecified atom stereocenters. The summed E-state index contributed by atoms with van der Waals surface area (Å²) in [6.45, 7) is 25.8. The monoisotopic (exact) mass is 768 g/mol. The van der Waals surface area contributed by atoms with Crippen molar-refractivity contribution in [3.63, 3.8) is 0 Å². The van der Waals surface area contributed by atoms with Crippen LogP contribution in [0.15, 0.2) is 66.0 Å². The highest BCUT2D eigenvalue weighted by atomic mass is 79.9. The lowest BCUT2D eigenvalue weighted by Gasteiger charge is -2.35. The van der Waals surface area contributed by atoms with Gasteiger partial charge in [-0.05, 0) is 101 Å². The third-order valence-corrected chi connectivity index (χ3v) is 12.9. The molecule has 0 bridgehead atoms. The fourth-order valence-corrected chi connectivity index (χ4v) is 4.42. The van der Waals surface area contributed by atoms with Crippen LogP contribution in [0.25, 0.3) is 12.2 Å². The van der Waals surface area contributed by atoms with E-state index in [4.69, 9.17) is 18.8 Å². The SMILES string of the molecule is CC1(C)OB(/C=C/CO[Si](C)(C)C(C)(C)C)OC1(C)C.Cc1cnc(/C=C/C=O)cn1.Cc1cnc(/C=C/CO)cn1.Cc1cnc(Br)cn1. The fraction of sp³-hybridized carbons (Fsp3) is 0.472. The Morgan fingerprint density at radius 2 is 1.28 bits per heavy atom. The molecule has 0 atom stereocenters. The number of rotatable bonds is 8. The number of nitrogens with zero attached hydrogens (tertiary/aromatic N) is 6. The lowest BCUT2D eigenvalue weighted by atomic mass is 9.90. The average Bonchev–Trinajstić information content (AvgIpc) is 3.25. The Balaban J connectivity index is 0.000000355. The van der Waals surface area contributed by atoms with Gasteiger partial charge in [-0.15, -0.1) is 0 Å². The molecule has 0 aromatic carbocycles. The average molecular weight is 770 g/mol. The van der Waals surface area contributed by atoms with Crippen LogP contribution in [0.5, 0.6) is 0 Å². The van der Waals surface area contributed by atoms with Crippen molar-refractivity contribution in [2.45, 2.75) is 98.6 Å². The van der Waals surface area contributed by atoms with E-state index in [0.717, 1.165) is 27.4 Å². The largest absolute Gasteiger partial charge is 0.486 e. The van der Waals surface area contributed by atoms with Gasteiger partial charge in [0.05, 0.1) is 71.5 Å². The van der Waals surface area contributed by atoms with Gasteiger partial charge in [0, 0.05) is 18.6 Å². The summed E-state index contributed by atoms with van der Waals surface area (Å²) in [4.78, 5) is 33.9. The third kappa shape index (κ3) is 17.1. The Hall–Kier alpha value is -3.27. The number of aliphatic hydroxyl groups excluding tert-OH is 1. The molecule has 1 saturated heterocycles. The minimum Gasteiger partial charge on any atom is -0.413 e. The second-order valence-electron chi connectivity index (χ2n) is 13.9. The summed E-state index contributed by atoms with van der Waals surface area (Å²) in [6.07, 6.45) is 19.1. The number of carbonyl (C=O) groups is 1. The van der Waals surface area contributed by atoms with Crippen LogP contribution in [-0.2, 0) is 18.5 Å². The van der Waals surface area contributed by atoms with Crippen molar-refractivity contribution in [2.24, 2.45) is 0 Å². The zero-order valence-corrected chi connectivity index (χ0v) is 34.2. The maximum atomic E-state index is 9.91. The molecule has 14 heteroatoms. The number of hydrogen-bond acceptors (Lipinski definition) is 11. The molecular formula is C36H54BBrN6O5Si.